The third-order valence-corrected chi connectivity index (χ3v) is 5.81. The van der Waals surface area contributed by atoms with Gasteiger partial charge in [0.1, 0.15) is 0 Å². The molecule has 0 saturated carbocycles. The molecule has 0 unspecified atom stereocenters. The fourth-order valence-electron chi connectivity index (χ4n) is 2.97. The minimum Gasteiger partial charge on any atom is -0.476 e. The molecule has 0 radical (unpaired) electrons. The molecule has 26 heavy (non-hydrogen) atoms. The summed E-state index contributed by atoms with van der Waals surface area (Å²) in [7, 11) is -3.50. The predicted octanol–water partition coefficient (Wildman–Crippen LogP) is 1.69. The number of sulfonamides is 1. The Morgan fingerprint density at radius 2 is 2.08 bits per heavy atom. The van der Waals surface area contributed by atoms with Crippen LogP contribution in [0.4, 0.5) is 0 Å². The van der Waals surface area contributed by atoms with Gasteiger partial charge < -0.3 is 5.11 Å². The summed E-state index contributed by atoms with van der Waals surface area (Å²) in [6, 6.07) is 9.27. The molecule has 0 bridgehead atoms. The van der Waals surface area contributed by atoms with Gasteiger partial charge in [-0.1, -0.05) is 35.5 Å². The number of nitrogens with zero attached hydrogens (tertiary/aromatic N) is 4. The molecule has 1 aliphatic heterocycles. The topological polar surface area (TPSA) is 105 Å². The maximum atomic E-state index is 12.6. The molecule has 0 spiro atoms. The summed E-state index contributed by atoms with van der Waals surface area (Å²) in [5, 5.41) is 17.5. The van der Waals surface area contributed by atoms with Gasteiger partial charge in [0.2, 0.25) is 10.0 Å². The zero-order valence-corrected chi connectivity index (χ0v) is 14.9. The van der Waals surface area contributed by atoms with Crippen molar-refractivity contribution in [3.63, 3.8) is 0 Å². The largest absolute Gasteiger partial charge is 0.476 e. The zero-order chi connectivity index (χ0) is 18.6. The zero-order valence-electron chi connectivity index (χ0n) is 14.1. The van der Waals surface area contributed by atoms with Crippen molar-refractivity contribution >= 4 is 22.1 Å². The van der Waals surface area contributed by atoms with E-state index in [2.05, 4.69) is 10.3 Å². The fraction of sp³-hybridized carbons (Fsp3) is 0.353. The van der Waals surface area contributed by atoms with Gasteiger partial charge in [-0.15, -0.1) is 5.10 Å². The Kier molecular flexibility index (Phi) is 5.48. The Bertz CT molecular complexity index is 892. The van der Waals surface area contributed by atoms with Crippen molar-refractivity contribution < 1.29 is 18.3 Å². The highest BCUT2D eigenvalue weighted by Crippen LogP contribution is 2.21. The van der Waals surface area contributed by atoms with E-state index in [1.807, 2.05) is 30.3 Å². The number of benzene rings is 1. The number of hydrogen-bond donors (Lipinski definition) is 1. The summed E-state index contributed by atoms with van der Waals surface area (Å²) in [6.07, 6.45) is 4.57. The van der Waals surface area contributed by atoms with E-state index >= 15 is 0 Å². The monoisotopic (exact) mass is 376 g/mol. The normalized spacial score (nSPS) is 19.0. The molecule has 1 fully saturated rings. The third kappa shape index (κ3) is 4.55. The molecule has 1 saturated heterocycles. The predicted molar refractivity (Wildman–Crippen MR) is 95.7 cm³/mol. The first kappa shape index (κ1) is 18.3. The third-order valence-electron chi connectivity index (χ3n) is 4.28. The van der Waals surface area contributed by atoms with Crippen LogP contribution in [0.1, 0.15) is 28.9 Å². The minimum atomic E-state index is -3.50. The van der Waals surface area contributed by atoms with Gasteiger partial charge in [-0.25, -0.2) is 13.2 Å². The highest BCUT2D eigenvalue weighted by Gasteiger charge is 2.27. The fourth-order valence-corrected chi connectivity index (χ4v) is 4.28. The Labute approximate surface area is 151 Å². The quantitative estimate of drug-likeness (QED) is 0.822. The first-order valence-electron chi connectivity index (χ1n) is 8.31. The van der Waals surface area contributed by atoms with Gasteiger partial charge in [0.15, 0.2) is 5.69 Å². The summed E-state index contributed by atoms with van der Waals surface area (Å²) >= 11 is 0. The van der Waals surface area contributed by atoms with E-state index in [9.17, 15) is 13.2 Å². The summed E-state index contributed by atoms with van der Waals surface area (Å²) in [4.78, 5) is 10.9. The molecule has 0 amide bonds. The van der Waals surface area contributed by atoms with E-state index in [1.54, 1.807) is 6.08 Å². The SMILES string of the molecule is O=C(O)c1cn(C[C@@H]2CCCN(S(=O)(=O)/C=C/c3ccccc3)C2)nn1. The van der Waals surface area contributed by atoms with Crippen LogP contribution in [-0.2, 0) is 16.6 Å². The molecule has 1 N–H and O–H groups in total. The van der Waals surface area contributed by atoms with Gasteiger partial charge in [0, 0.05) is 25.0 Å². The number of piperidine rings is 1. The van der Waals surface area contributed by atoms with Crippen LogP contribution in [0.5, 0.6) is 0 Å². The molecule has 1 aromatic heterocycles. The molecule has 1 atom stereocenters. The van der Waals surface area contributed by atoms with Crippen molar-refractivity contribution in [2.75, 3.05) is 13.1 Å². The van der Waals surface area contributed by atoms with Crippen molar-refractivity contribution in [1.29, 1.82) is 0 Å². The van der Waals surface area contributed by atoms with Crippen LogP contribution in [-0.4, -0.2) is 51.9 Å². The van der Waals surface area contributed by atoms with Crippen molar-refractivity contribution in [3.05, 3.63) is 53.2 Å². The van der Waals surface area contributed by atoms with E-state index in [1.165, 1.54) is 20.6 Å². The maximum absolute atomic E-state index is 12.6. The average molecular weight is 376 g/mol. The van der Waals surface area contributed by atoms with Crippen LogP contribution in [0, 0.1) is 5.92 Å². The molecular weight excluding hydrogens is 356 g/mol. The number of carboxylic acids is 1. The van der Waals surface area contributed by atoms with E-state index in [4.69, 9.17) is 5.11 Å². The lowest BCUT2D eigenvalue weighted by molar-refractivity contribution is 0.0690. The second kappa shape index (κ2) is 7.79. The number of hydrogen-bond acceptors (Lipinski definition) is 5. The lowest BCUT2D eigenvalue weighted by atomic mass is 10.00. The van der Waals surface area contributed by atoms with Crippen molar-refractivity contribution in [2.45, 2.75) is 19.4 Å². The molecule has 2 aromatic rings. The summed E-state index contributed by atoms with van der Waals surface area (Å²) in [6.45, 7) is 1.30. The highest BCUT2D eigenvalue weighted by atomic mass is 32.2. The lowest BCUT2D eigenvalue weighted by Crippen LogP contribution is -2.40. The first-order chi connectivity index (χ1) is 12.4. The Balaban J connectivity index is 1.65. The molecular formula is C17H20N4O4S. The molecule has 1 aliphatic rings. The van der Waals surface area contributed by atoms with Crippen LogP contribution in [0.25, 0.3) is 6.08 Å². The number of carbonyl (C=O) groups is 1. The first-order valence-corrected chi connectivity index (χ1v) is 9.81. The van der Waals surface area contributed by atoms with Gasteiger partial charge in [-0.2, -0.15) is 4.31 Å². The highest BCUT2D eigenvalue weighted by molar-refractivity contribution is 7.92. The Hall–Kier alpha value is -2.52. The van der Waals surface area contributed by atoms with Gasteiger partial charge in [-0.05, 0) is 30.4 Å². The van der Waals surface area contributed by atoms with Crippen LogP contribution in [0.3, 0.4) is 0 Å². The number of aromatic nitrogens is 3. The molecule has 1 aromatic carbocycles. The average Bonchev–Trinajstić information content (AvgIpc) is 3.10. The lowest BCUT2D eigenvalue weighted by Gasteiger charge is -2.30. The number of rotatable bonds is 6. The second-order valence-electron chi connectivity index (χ2n) is 6.26. The van der Waals surface area contributed by atoms with Crippen LogP contribution in [0.2, 0.25) is 0 Å². The smallest absolute Gasteiger partial charge is 0.358 e. The van der Waals surface area contributed by atoms with Gasteiger partial charge in [0.05, 0.1) is 6.20 Å². The Morgan fingerprint density at radius 3 is 2.77 bits per heavy atom. The maximum Gasteiger partial charge on any atom is 0.358 e. The number of carboxylic acid groups (broad SMARTS) is 1. The molecule has 9 heteroatoms. The van der Waals surface area contributed by atoms with E-state index < -0.39 is 16.0 Å². The summed E-state index contributed by atoms with van der Waals surface area (Å²) in [5.74, 6) is -1.07. The molecule has 2 heterocycles. The summed E-state index contributed by atoms with van der Waals surface area (Å²) < 4.78 is 28.1. The van der Waals surface area contributed by atoms with Crippen molar-refractivity contribution in [1.82, 2.24) is 19.3 Å². The van der Waals surface area contributed by atoms with Crippen molar-refractivity contribution in [2.24, 2.45) is 5.92 Å². The summed E-state index contributed by atoms with van der Waals surface area (Å²) in [5.41, 5.74) is 0.713. The van der Waals surface area contributed by atoms with Gasteiger partial charge >= 0.3 is 5.97 Å². The second-order valence-corrected chi connectivity index (χ2v) is 8.07. The minimum absolute atomic E-state index is 0.0620. The van der Waals surface area contributed by atoms with E-state index in [0.29, 0.717) is 19.6 Å². The number of aromatic carboxylic acids is 1. The van der Waals surface area contributed by atoms with E-state index in [0.717, 1.165) is 18.4 Å². The van der Waals surface area contributed by atoms with Crippen LogP contribution < -0.4 is 0 Å². The van der Waals surface area contributed by atoms with Crippen LogP contribution in [0.15, 0.2) is 41.9 Å². The van der Waals surface area contributed by atoms with Crippen molar-refractivity contribution in [3.8, 4) is 0 Å². The van der Waals surface area contributed by atoms with Gasteiger partial charge in [-0.3, -0.25) is 4.68 Å². The standard InChI is InChI=1S/C17H20N4O4S/c22-17(23)16-13-20(19-18-16)11-15-7-4-9-21(12-15)26(24,25)10-8-14-5-2-1-3-6-14/h1-3,5-6,8,10,13,15H,4,7,9,11-12H2,(H,22,23)/b10-8+/t15-/m0/s1. The Morgan fingerprint density at radius 1 is 1.31 bits per heavy atom. The van der Waals surface area contributed by atoms with Crippen LogP contribution >= 0.6 is 0 Å². The molecule has 8 nitrogen and oxygen atoms in total. The molecule has 138 valence electrons. The molecule has 0 aliphatic carbocycles. The van der Waals surface area contributed by atoms with E-state index in [-0.39, 0.29) is 11.6 Å². The van der Waals surface area contributed by atoms with Gasteiger partial charge in [0.25, 0.3) is 0 Å². The molecule has 3 rings (SSSR count).